The minimum atomic E-state index is -3.10. The van der Waals surface area contributed by atoms with Crippen LogP contribution in [0.4, 0.5) is 8.78 Å². The zero-order valence-electron chi connectivity index (χ0n) is 12.7. The van der Waals surface area contributed by atoms with Crippen LogP contribution >= 0.6 is 23.2 Å². The van der Waals surface area contributed by atoms with Gasteiger partial charge in [0.1, 0.15) is 10.2 Å². The van der Waals surface area contributed by atoms with Crippen molar-refractivity contribution >= 4 is 29.2 Å². The smallest absolute Gasteiger partial charge is 0.388 e. The third-order valence-corrected chi connectivity index (χ3v) is 3.51. The molecule has 0 aliphatic heterocycles. The predicted octanol–water partition coefficient (Wildman–Crippen LogP) is 4.05. The fourth-order valence-electron chi connectivity index (χ4n) is 2.03. The number of hydrogen-bond acceptors (Lipinski definition) is 5. The zero-order valence-corrected chi connectivity index (χ0v) is 14.2. The van der Waals surface area contributed by atoms with E-state index in [1.807, 2.05) is 0 Å². The number of pyridine rings is 1. The highest BCUT2D eigenvalue weighted by Gasteiger charge is 2.26. The van der Waals surface area contributed by atoms with Crippen LogP contribution in [0.3, 0.4) is 0 Å². The van der Waals surface area contributed by atoms with E-state index >= 15 is 0 Å². The van der Waals surface area contributed by atoms with Crippen LogP contribution in [0, 0.1) is 0 Å². The lowest BCUT2D eigenvalue weighted by Crippen LogP contribution is -2.08. The summed E-state index contributed by atoms with van der Waals surface area (Å²) in [4.78, 5) is 15.7. The van der Waals surface area contributed by atoms with Gasteiger partial charge in [-0.1, -0.05) is 23.2 Å². The lowest BCUT2D eigenvalue weighted by atomic mass is 10.2. The van der Waals surface area contributed by atoms with Gasteiger partial charge in [-0.25, -0.2) is 9.78 Å². The van der Waals surface area contributed by atoms with Crippen LogP contribution in [0.25, 0.3) is 11.3 Å². The van der Waals surface area contributed by atoms with Gasteiger partial charge in [-0.3, -0.25) is 4.68 Å². The molecule has 0 aromatic carbocycles. The van der Waals surface area contributed by atoms with Gasteiger partial charge in [-0.05, 0) is 26.0 Å². The highest BCUT2D eigenvalue weighted by atomic mass is 35.5. The minimum Gasteiger partial charge on any atom is -0.461 e. The summed E-state index contributed by atoms with van der Waals surface area (Å²) in [5, 5.41) is 4.00. The summed E-state index contributed by atoms with van der Waals surface area (Å²) in [6.07, 6.45) is 0. The summed E-state index contributed by atoms with van der Waals surface area (Å²) in [6.45, 7) is 0.757. The van der Waals surface area contributed by atoms with E-state index in [-0.39, 0.29) is 33.7 Å². The predicted molar refractivity (Wildman–Crippen MR) is 83.7 cm³/mol. The second-order valence-corrected chi connectivity index (χ2v) is 5.18. The molecule has 2 heterocycles. The molecule has 10 heteroatoms. The first-order valence-corrected chi connectivity index (χ1v) is 7.69. The van der Waals surface area contributed by atoms with Crippen molar-refractivity contribution in [3.63, 3.8) is 0 Å². The van der Waals surface area contributed by atoms with Gasteiger partial charge in [0.05, 0.1) is 17.9 Å². The second kappa shape index (κ2) is 7.76. The molecule has 0 spiro atoms. The summed E-state index contributed by atoms with van der Waals surface area (Å²) >= 11 is 12.0. The average molecular weight is 380 g/mol. The number of aromatic nitrogens is 3. The van der Waals surface area contributed by atoms with E-state index in [4.69, 9.17) is 27.9 Å². The van der Waals surface area contributed by atoms with Gasteiger partial charge in [0.2, 0.25) is 5.88 Å². The van der Waals surface area contributed by atoms with E-state index in [2.05, 4.69) is 14.8 Å². The maximum atomic E-state index is 12.6. The Morgan fingerprint density at radius 3 is 2.62 bits per heavy atom. The molecule has 0 aliphatic rings. The number of rotatable bonds is 6. The fraction of sp³-hybridized carbons (Fsp3) is 0.357. The lowest BCUT2D eigenvalue weighted by molar-refractivity contribution is -0.0524. The molecular weight excluding hydrogens is 367 g/mol. The lowest BCUT2D eigenvalue weighted by Gasteiger charge is -2.11. The highest BCUT2D eigenvalue weighted by Crippen LogP contribution is 2.37. The van der Waals surface area contributed by atoms with Crippen LogP contribution in [0.15, 0.2) is 12.1 Å². The number of hydrogen-bond donors (Lipinski definition) is 0. The summed E-state index contributed by atoms with van der Waals surface area (Å²) in [5.41, 5.74) is 0.227. The Kier molecular flexibility index (Phi) is 5.95. The van der Waals surface area contributed by atoms with E-state index in [1.165, 1.54) is 16.8 Å². The molecule has 0 bridgehead atoms. The van der Waals surface area contributed by atoms with Crippen LogP contribution in [0.2, 0.25) is 10.2 Å². The van der Waals surface area contributed by atoms with Crippen LogP contribution < -0.4 is 4.74 Å². The van der Waals surface area contributed by atoms with Crippen molar-refractivity contribution in [1.29, 1.82) is 0 Å². The van der Waals surface area contributed by atoms with E-state index in [9.17, 15) is 13.6 Å². The quantitative estimate of drug-likeness (QED) is 0.559. The first-order chi connectivity index (χ1) is 11.4. The van der Waals surface area contributed by atoms with Gasteiger partial charge in [0.15, 0.2) is 5.69 Å². The van der Waals surface area contributed by atoms with Crippen LogP contribution in [-0.4, -0.2) is 34.0 Å². The van der Waals surface area contributed by atoms with Crippen molar-refractivity contribution in [2.45, 2.75) is 27.0 Å². The standard InChI is InChI=1S/C14H13Cl2F2N3O3/c1-3-21-11(9(16)10(20-21)13(22)23-4-2)7-5-6-8(15)19-12(7)24-14(17)18/h5-6,14H,3-4H2,1-2H3. The molecule has 0 atom stereocenters. The molecule has 0 saturated carbocycles. The van der Waals surface area contributed by atoms with Crippen LogP contribution in [-0.2, 0) is 11.3 Å². The molecule has 0 aliphatic carbocycles. The van der Waals surface area contributed by atoms with Crippen molar-refractivity contribution in [3.05, 3.63) is 28.0 Å². The summed E-state index contributed by atoms with van der Waals surface area (Å²) < 4.78 is 35.9. The zero-order chi connectivity index (χ0) is 17.9. The molecule has 0 amide bonds. The Morgan fingerprint density at radius 2 is 2.04 bits per heavy atom. The number of esters is 1. The van der Waals surface area contributed by atoms with Crippen molar-refractivity contribution in [1.82, 2.24) is 14.8 Å². The number of carbonyl (C=O) groups excluding carboxylic acids is 1. The SMILES string of the molecule is CCOC(=O)c1nn(CC)c(-c2ccc(Cl)nc2OC(F)F)c1Cl. The second-order valence-electron chi connectivity index (χ2n) is 4.41. The number of carbonyl (C=O) groups is 1. The fourth-order valence-corrected chi connectivity index (χ4v) is 2.48. The van der Waals surface area contributed by atoms with Gasteiger partial charge in [-0.2, -0.15) is 13.9 Å². The Labute approximate surface area is 146 Å². The number of halogens is 4. The Balaban J connectivity index is 2.62. The molecule has 6 nitrogen and oxygen atoms in total. The van der Waals surface area contributed by atoms with E-state index < -0.39 is 18.5 Å². The summed E-state index contributed by atoms with van der Waals surface area (Å²) in [5.74, 6) is -1.13. The molecule has 2 rings (SSSR count). The number of aryl methyl sites for hydroxylation is 1. The van der Waals surface area contributed by atoms with Crippen molar-refractivity contribution < 1.29 is 23.0 Å². The molecule has 0 radical (unpaired) electrons. The number of alkyl halides is 2. The van der Waals surface area contributed by atoms with Gasteiger partial charge in [0.25, 0.3) is 0 Å². The van der Waals surface area contributed by atoms with E-state index in [0.29, 0.717) is 6.54 Å². The van der Waals surface area contributed by atoms with Gasteiger partial charge >= 0.3 is 12.6 Å². The monoisotopic (exact) mass is 379 g/mol. The third kappa shape index (κ3) is 3.76. The van der Waals surface area contributed by atoms with E-state index in [0.717, 1.165) is 0 Å². The van der Waals surface area contributed by atoms with Gasteiger partial charge in [-0.15, -0.1) is 0 Å². The maximum absolute atomic E-state index is 12.6. The molecule has 130 valence electrons. The van der Waals surface area contributed by atoms with Gasteiger partial charge in [0, 0.05) is 6.54 Å². The summed E-state index contributed by atoms with van der Waals surface area (Å²) in [6, 6.07) is 2.81. The third-order valence-electron chi connectivity index (χ3n) is 2.95. The molecule has 0 fully saturated rings. The highest BCUT2D eigenvalue weighted by molar-refractivity contribution is 6.36. The van der Waals surface area contributed by atoms with E-state index in [1.54, 1.807) is 13.8 Å². The Bertz CT molecular complexity index is 753. The first kappa shape index (κ1) is 18.4. The molecule has 0 unspecified atom stereocenters. The average Bonchev–Trinajstić information content (AvgIpc) is 2.84. The first-order valence-electron chi connectivity index (χ1n) is 6.94. The largest absolute Gasteiger partial charge is 0.461 e. The van der Waals surface area contributed by atoms with Crippen molar-refractivity contribution in [2.24, 2.45) is 0 Å². The molecule has 2 aromatic rings. The molecular formula is C14H13Cl2F2N3O3. The number of ether oxygens (including phenoxy) is 2. The van der Waals surface area contributed by atoms with Crippen molar-refractivity contribution in [3.8, 4) is 17.1 Å². The topological polar surface area (TPSA) is 66.2 Å². The molecule has 2 aromatic heterocycles. The Hall–Kier alpha value is -1.93. The van der Waals surface area contributed by atoms with Crippen LogP contribution in [0.1, 0.15) is 24.3 Å². The van der Waals surface area contributed by atoms with Crippen LogP contribution in [0.5, 0.6) is 5.88 Å². The van der Waals surface area contributed by atoms with Gasteiger partial charge < -0.3 is 9.47 Å². The number of nitrogens with zero attached hydrogens (tertiary/aromatic N) is 3. The maximum Gasteiger partial charge on any atom is 0.388 e. The normalized spacial score (nSPS) is 11.0. The Morgan fingerprint density at radius 1 is 1.33 bits per heavy atom. The summed E-state index contributed by atoms with van der Waals surface area (Å²) in [7, 11) is 0. The van der Waals surface area contributed by atoms with Crippen molar-refractivity contribution in [2.75, 3.05) is 6.61 Å². The molecule has 0 N–H and O–H groups in total. The minimum absolute atomic E-state index is 0.0290. The molecule has 0 saturated heterocycles. The molecule has 24 heavy (non-hydrogen) atoms.